The predicted octanol–water partition coefficient (Wildman–Crippen LogP) is 13.4. The fourth-order valence-corrected chi connectivity index (χ4v) is 8.31. The standard InChI is InChI=1S/C51H30N4O2/c1-3-11-31(12-4-1)34-19-23-38-37-15-7-9-17-43(37)55(44(38)28-34)51-53-49(32-13-5-2-6-14-32)52-50(54-51)36-21-25-41-42-27-33(22-26-46(42)57-48(41)30-36)35-20-24-40-39-16-8-10-18-45(39)56-47(40)29-35/h1-30H. The van der Waals surface area contributed by atoms with E-state index >= 15 is 0 Å². The van der Waals surface area contributed by atoms with Gasteiger partial charge >= 0.3 is 0 Å². The SMILES string of the molecule is c1ccc(-c2ccc3c4ccccc4n(-c4nc(-c5ccccc5)nc(-c5ccc6c(c5)oc5ccc(-c7ccc8c(c7)oc7ccccc78)cc56)n4)c3c2)cc1. The maximum atomic E-state index is 6.51. The average molecular weight is 731 g/mol. The maximum absolute atomic E-state index is 6.51. The van der Waals surface area contributed by atoms with Crippen LogP contribution in [0.15, 0.2) is 191 Å². The number of nitrogens with zero attached hydrogens (tertiary/aromatic N) is 4. The molecule has 12 aromatic rings. The van der Waals surface area contributed by atoms with Gasteiger partial charge in [0, 0.05) is 43.4 Å². The fraction of sp³-hybridized carbons (Fsp3) is 0. The summed E-state index contributed by atoms with van der Waals surface area (Å²) in [5.41, 5.74) is 11.6. The highest BCUT2D eigenvalue weighted by Crippen LogP contribution is 2.38. The van der Waals surface area contributed by atoms with Crippen molar-refractivity contribution in [3.63, 3.8) is 0 Å². The number of hydrogen-bond acceptors (Lipinski definition) is 5. The zero-order chi connectivity index (χ0) is 37.5. The van der Waals surface area contributed by atoms with Gasteiger partial charge in [-0.1, -0.05) is 127 Å². The van der Waals surface area contributed by atoms with Crippen LogP contribution in [0.5, 0.6) is 0 Å². The van der Waals surface area contributed by atoms with Gasteiger partial charge in [0.15, 0.2) is 11.6 Å². The quantitative estimate of drug-likeness (QED) is 0.176. The topological polar surface area (TPSA) is 69.9 Å². The third-order valence-electron chi connectivity index (χ3n) is 11.1. The van der Waals surface area contributed by atoms with E-state index in [-0.39, 0.29) is 0 Å². The second kappa shape index (κ2) is 12.3. The third-order valence-corrected chi connectivity index (χ3v) is 11.1. The van der Waals surface area contributed by atoms with Gasteiger partial charge < -0.3 is 8.83 Å². The van der Waals surface area contributed by atoms with Gasteiger partial charge in [-0.05, 0) is 76.9 Å². The summed E-state index contributed by atoms with van der Waals surface area (Å²) in [5, 5.41) is 6.57. The molecule has 266 valence electrons. The Balaban J connectivity index is 1.01. The van der Waals surface area contributed by atoms with Crippen LogP contribution in [0.3, 0.4) is 0 Å². The van der Waals surface area contributed by atoms with E-state index in [2.05, 4.69) is 120 Å². The number of benzene rings is 8. The number of rotatable bonds is 5. The molecular formula is C51H30N4O2. The molecule has 0 fully saturated rings. The van der Waals surface area contributed by atoms with E-state index in [1.165, 1.54) is 0 Å². The summed E-state index contributed by atoms with van der Waals surface area (Å²) in [6.45, 7) is 0. The van der Waals surface area contributed by atoms with Crippen molar-refractivity contribution >= 4 is 65.7 Å². The Bertz CT molecular complexity index is 3530. The third kappa shape index (κ3) is 5.08. The Hall–Kier alpha value is -7.83. The largest absolute Gasteiger partial charge is 0.456 e. The number of aromatic nitrogens is 4. The summed E-state index contributed by atoms with van der Waals surface area (Å²) >= 11 is 0. The molecule has 8 aromatic carbocycles. The molecule has 0 aliphatic heterocycles. The number of hydrogen-bond donors (Lipinski definition) is 0. The Morgan fingerprint density at radius 3 is 1.60 bits per heavy atom. The summed E-state index contributed by atoms with van der Waals surface area (Å²) in [4.78, 5) is 15.4. The van der Waals surface area contributed by atoms with Gasteiger partial charge in [0.2, 0.25) is 5.95 Å². The van der Waals surface area contributed by atoms with Gasteiger partial charge in [0.25, 0.3) is 0 Å². The predicted molar refractivity (Wildman–Crippen MR) is 230 cm³/mol. The van der Waals surface area contributed by atoms with Gasteiger partial charge in [-0.2, -0.15) is 9.97 Å². The first-order valence-corrected chi connectivity index (χ1v) is 19.0. The Kier molecular flexibility index (Phi) is 6.83. The molecular weight excluding hydrogens is 701 g/mol. The Morgan fingerprint density at radius 2 is 0.807 bits per heavy atom. The minimum Gasteiger partial charge on any atom is -0.456 e. The van der Waals surface area contributed by atoms with Crippen LogP contribution in [-0.2, 0) is 0 Å². The number of para-hydroxylation sites is 2. The molecule has 0 aliphatic rings. The van der Waals surface area contributed by atoms with Crippen molar-refractivity contribution in [2.24, 2.45) is 0 Å². The van der Waals surface area contributed by atoms with E-state index in [9.17, 15) is 0 Å². The van der Waals surface area contributed by atoms with Crippen LogP contribution >= 0.6 is 0 Å². The van der Waals surface area contributed by atoms with Crippen molar-refractivity contribution in [3.05, 3.63) is 182 Å². The zero-order valence-electron chi connectivity index (χ0n) is 30.4. The zero-order valence-corrected chi connectivity index (χ0v) is 30.4. The molecule has 4 heterocycles. The minimum atomic E-state index is 0.547. The Labute approximate surface area is 325 Å². The van der Waals surface area contributed by atoms with Crippen LogP contribution in [0.25, 0.3) is 117 Å². The summed E-state index contributed by atoms with van der Waals surface area (Å²) in [6.07, 6.45) is 0. The molecule has 0 saturated heterocycles. The smallest absolute Gasteiger partial charge is 0.238 e. The van der Waals surface area contributed by atoms with Gasteiger partial charge in [-0.15, -0.1) is 0 Å². The molecule has 12 rings (SSSR count). The van der Waals surface area contributed by atoms with Crippen LogP contribution in [0.2, 0.25) is 0 Å². The molecule has 0 bridgehead atoms. The van der Waals surface area contributed by atoms with Gasteiger partial charge in [0.1, 0.15) is 22.3 Å². The highest BCUT2D eigenvalue weighted by Gasteiger charge is 2.20. The van der Waals surface area contributed by atoms with E-state index in [0.717, 1.165) is 99.1 Å². The lowest BCUT2D eigenvalue weighted by molar-refractivity contribution is 0.669. The summed E-state index contributed by atoms with van der Waals surface area (Å²) in [6, 6.07) is 62.8. The fourth-order valence-electron chi connectivity index (χ4n) is 8.31. The van der Waals surface area contributed by atoms with Gasteiger partial charge in [-0.25, -0.2) is 4.98 Å². The Morgan fingerprint density at radius 1 is 0.298 bits per heavy atom. The van der Waals surface area contributed by atoms with Gasteiger partial charge in [-0.3, -0.25) is 4.57 Å². The highest BCUT2D eigenvalue weighted by atomic mass is 16.3. The van der Waals surface area contributed by atoms with Crippen LogP contribution in [0, 0.1) is 0 Å². The van der Waals surface area contributed by atoms with Crippen molar-refractivity contribution < 1.29 is 8.83 Å². The summed E-state index contributed by atoms with van der Waals surface area (Å²) < 4.78 is 14.9. The van der Waals surface area contributed by atoms with Crippen molar-refractivity contribution in [1.29, 1.82) is 0 Å². The molecule has 0 saturated carbocycles. The molecule has 6 nitrogen and oxygen atoms in total. The first-order chi connectivity index (χ1) is 28.2. The molecule has 4 aromatic heterocycles. The maximum Gasteiger partial charge on any atom is 0.238 e. The molecule has 0 spiro atoms. The summed E-state index contributed by atoms with van der Waals surface area (Å²) in [7, 11) is 0. The molecule has 0 unspecified atom stereocenters. The van der Waals surface area contributed by atoms with E-state index in [4.69, 9.17) is 23.8 Å². The van der Waals surface area contributed by atoms with Crippen LogP contribution in [0.4, 0.5) is 0 Å². The van der Waals surface area contributed by atoms with E-state index in [1.54, 1.807) is 0 Å². The molecule has 0 N–H and O–H groups in total. The molecule has 0 aliphatic carbocycles. The minimum absolute atomic E-state index is 0.547. The number of furan rings is 2. The molecule has 6 heteroatoms. The second-order valence-electron chi connectivity index (χ2n) is 14.4. The van der Waals surface area contributed by atoms with Crippen LogP contribution in [-0.4, -0.2) is 19.5 Å². The second-order valence-corrected chi connectivity index (χ2v) is 14.4. The normalized spacial score (nSPS) is 11.9. The first kappa shape index (κ1) is 31.5. The summed E-state index contributed by atoms with van der Waals surface area (Å²) in [5.74, 6) is 1.70. The number of fused-ring (bicyclic) bond motifs is 9. The lowest BCUT2D eigenvalue weighted by Crippen LogP contribution is -2.06. The molecule has 0 radical (unpaired) electrons. The highest BCUT2D eigenvalue weighted by molar-refractivity contribution is 6.11. The molecule has 0 atom stereocenters. The van der Waals surface area contributed by atoms with Crippen molar-refractivity contribution in [1.82, 2.24) is 19.5 Å². The average Bonchev–Trinajstić information content (AvgIpc) is 3.95. The van der Waals surface area contributed by atoms with E-state index in [0.29, 0.717) is 17.6 Å². The monoisotopic (exact) mass is 730 g/mol. The van der Waals surface area contributed by atoms with Gasteiger partial charge in [0.05, 0.1) is 11.0 Å². The first-order valence-electron chi connectivity index (χ1n) is 19.0. The lowest BCUT2D eigenvalue weighted by atomic mass is 10.0. The van der Waals surface area contributed by atoms with E-state index in [1.807, 2.05) is 66.7 Å². The van der Waals surface area contributed by atoms with Crippen LogP contribution < -0.4 is 0 Å². The van der Waals surface area contributed by atoms with E-state index < -0.39 is 0 Å². The molecule has 0 amide bonds. The van der Waals surface area contributed by atoms with Crippen LogP contribution in [0.1, 0.15) is 0 Å². The lowest BCUT2D eigenvalue weighted by Gasteiger charge is -2.11. The molecule has 57 heavy (non-hydrogen) atoms. The van der Waals surface area contributed by atoms with Crippen molar-refractivity contribution in [2.75, 3.05) is 0 Å². The van der Waals surface area contributed by atoms with Crippen molar-refractivity contribution in [2.45, 2.75) is 0 Å². The van der Waals surface area contributed by atoms with Crippen molar-refractivity contribution in [3.8, 4) is 51.0 Å².